The van der Waals surface area contributed by atoms with Crippen LogP contribution in [0.2, 0.25) is 0 Å². The fourth-order valence-electron chi connectivity index (χ4n) is 1.39. The number of nitrogens with zero attached hydrogens (tertiary/aromatic N) is 2. The Morgan fingerprint density at radius 1 is 1.21 bits per heavy atom. The first-order chi connectivity index (χ1) is 8.88. The van der Waals surface area contributed by atoms with Crippen LogP contribution in [0.25, 0.3) is 0 Å². The zero-order valence-electron chi connectivity index (χ0n) is 9.40. The lowest BCUT2D eigenvalue weighted by Gasteiger charge is -2.07. The van der Waals surface area contributed by atoms with Crippen LogP contribution in [-0.4, -0.2) is 39.2 Å². The van der Waals surface area contributed by atoms with Gasteiger partial charge in [-0.3, -0.25) is 20.2 Å². The molecule has 0 aliphatic rings. The third-order valence-electron chi connectivity index (χ3n) is 2.15. The number of rotatable bonds is 6. The number of carbonyl (C=O) groups is 1. The van der Waals surface area contributed by atoms with Crippen molar-refractivity contribution in [3.8, 4) is 0 Å². The van der Waals surface area contributed by atoms with E-state index in [0.29, 0.717) is 0 Å². The minimum Gasteiger partial charge on any atom is -0.478 e. The molecule has 0 heterocycles. The third-order valence-corrected chi connectivity index (χ3v) is 2.15. The van der Waals surface area contributed by atoms with E-state index in [1.54, 1.807) is 0 Å². The van der Waals surface area contributed by atoms with Crippen molar-refractivity contribution >= 4 is 23.0 Å². The summed E-state index contributed by atoms with van der Waals surface area (Å²) in [6.45, 7) is -0.539. The number of nitro benzene ring substituents is 2. The standard InChI is InChI=1S/C9H9N3O7/c13-2-1-10-8-6(11(16)17)3-5(9(14)15)4-7(8)12(18)19/h3-4,10,13H,1-2H2,(H,14,15). The van der Waals surface area contributed by atoms with Gasteiger partial charge in [-0.05, 0) is 0 Å². The summed E-state index contributed by atoms with van der Waals surface area (Å²) in [4.78, 5) is 30.6. The number of hydrogen-bond acceptors (Lipinski definition) is 7. The quantitative estimate of drug-likeness (QED) is 0.501. The van der Waals surface area contributed by atoms with Gasteiger partial charge in [0, 0.05) is 18.7 Å². The SMILES string of the molecule is O=C(O)c1cc([N+](=O)[O-])c(NCCO)c([N+](=O)[O-])c1. The lowest BCUT2D eigenvalue weighted by Crippen LogP contribution is -2.11. The predicted molar refractivity (Wildman–Crippen MR) is 62.3 cm³/mol. The molecule has 0 aliphatic carbocycles. The van der Waals surface area contributed by atoms with Gasteiger partial charge in [0.05, 0.1) is 22.0 Å². The Morgan fingerprint density at radius 2 is 1.68 bits per heavy atom. The van der Waals surface area contributed by atoms with E-state index in [0.717, 1.165) is 12.1 Å². The second-order valence-corrected chi connectivity index (χ2v) is 3.36. The van der Waals surface area contributed by atoms with E-state index in [2.05, 4.69) is 5.32 Å². The topological polar surface area (TPSA) is 156 Å². The van der Waals surface area contributed by atoms with Crippen LogP contribution in [-0.2, 0) is 0 Å². The lowest BCUT2D eigenvalue weighted by molar-refractivity contribution is -0.392. The number of aliphatic hydroxyl groups excluding tert-OH is 1. The van der Waals surface area contributed by atoms with Gasteiger partial charge in [0.2, 0.25) is 0 Å². The van der Waals surface area contributed by atoms with E-state index >= 15 is 0 Å². The number of carboxylic acid groups (broad SMARTS) is 1. The molecule has 1 aromatic carbocycles. The Balaban J connectivity index is 3.50. The molecular weight excluding hydrogens is 262 g/mol. The van der Waals surface area contributed by atoms with Crippen LogP contribution in [0.1, 0.15) is 10.4 Å². The molecule has 1 aromatic rings. The zero-order chi connectivity index (χ0) is 14.6. The van der Waals surface area contributed by atoms with E-state index in [1.807, 2.05) is 0 Å². The minimum absolute atomic E-state index is 0.145. The van der Waals surface area contributed by atoms with Gasteiger partial charge >= 0.3 is 5.97 Å². The highest BCUT2D eigenvalue weighted by Gasteiger charge is 2.28. The van der Waals surface area contributed by atoms with Crippen molar-refractivity contribution in [3.05, 3.63) is 37.9 Å². The molecule has 0 saturated heterocycles. The summed E-state index contributed by atoms with van der Waals surface area (Å²) in [5.41, 5.74) is -2.47. The maximum atomic E-state index is 10.8. The maximum absolute atomic E-state index is 10.8. The molecule has 0 bridgehead atoms. The average Bonchev–Trinajstić information content (AvgIpc) is 2.34. The number of anilines is 1. The van der Waals surface area contributed by atoms with Crippen LogP contribution in [0, 0.1) is 20.2 Å². The molecule has 1 rings (SSSR count). The fraction of sp³-hybridized carbons (Fsp3) is 0.222. The summed E-state index contributed by atoms with van der Waals surface area (Å²) in [7, 11) is 0. The Morgan fingerprint density at radius 3 is 2.00 bits per heavy atom. The van der Waals surface area contributed by atoms with Gasteiger partial charge in [0.25, 0.3) is 11.4 Å². The normalized spacial score (nSPS) is 9.95. The van der Waals surface area contributed by atoms with Crippen LogP contribution in [0.5, 0.6) is 0 Å². The van der Waals surface area contributed by atoms with Gasteiger partial charge in [0.1, 0.15) is 0 Å². The van der Waals surface area contributed by atoms with Gasteiger partial charge in [-0.15, -0.1) is 0 Å². The number of aromatic carboxylic acids is 1. The molecule has 0 aromatic heterocycles. The highest BCUT2D eigenvalue weighted by atomic mass is 16.6. The number of benzene rings is 1. The van der Waals surface area contributed by atoms with E-state index in [-0.39, 0.29) is 6.54 Å². The van der Waals surface area contributed by atoms with Crippen LogP contribution in [0.15, 0.2) is 12.1 Å². The molecule has 102 valence electrons. The second kappa shape index (κ2) is 5.73. The van der Waals surface area contributed by atoms with Crippen molar-refractivity contribution in [1.82, 2.24) is 0 Å². The third kappa shape index (κ3) is 3.13. The van der Waals surface area contributed by atoms with Gasteiger partial charge in [0.15, 0.2) is 5.69 Å². The molecule has 3 N–H and O–H groups in total. The molecule has 0 radical (unpaired) electrons. The summed E-state index contributed by atoms with van der Waals surface area (Å²) in [6, 6.07) is 1.43. The lowest BCUT2D eigenvalue weighted by atomic mass is 10.1. The van der Waals surface area contributed by atoms with Crippen molar-refractivity contribution in [1.29, 1.82) is 0 Å². The molecule has 19 heavy (non-hydrogen) atoms. The first kappa shape index (κ1) is 14.3. The average molecular weight is 271 g/mol. The van der Waals surface area contributed by atoms with Crippen LogP contribution in [0.4, 0.5) is 17.1 Å². The highest BCUT2D eigenvalue weighted by Crippen LogP contribution is 2.35. The summed E-state index contributed by atoms with van der Waals surface area (Å²) >= 11 is 0. The largest absolute Gasteiger partial charge is 0.478 e. The summed E-state index contributed by atoms with van der Waals surface area (Å²) in [5.74, 6) is -1.51. The van der Waals surface area contributed by atoms with Crippen molar-refractivity contribution in [2.45, 2.75) is 0 Å². The smallest absolute Gasteiger partial charge is 0.336 e. The van der Waals surface area contributed by atoms with E-state index in [9.17, 15) is 25.0 Å². The maximum Gasteiger partial charge on any atom is 0.336 e. The monoisotopic (exact) mass is 271 g/mol. The van der Waals surface area contributed by atoms with Crippen LogP contribution >= 0.6 is 0 Å². The molecule has 0 aliphatic heterocycles. The van der Waals surface area contributed by atoms with Gasteiger partial charge in [-0.2, -0.15) is 0 Å². The number of nitrogens with one attached hydrogen (secondary N) is 1. The van der Waals surface area contributed by atoms with Crippen molar-refractivity contribution in [2.75, 3.05) is 18.5 Å². The second-order valence-electron chi connectivity index (χ2n) is 3.36. The number of carboxylic acids is 1. The van der Waals surface area contributed by atoms with Gasteiger partial charge < -0.3 is 15.5 Å². The van der Waals surface area contributed by atoms with Crippen LogP contribution < -0.4 is 5.32 Å². The minimum atomic E-state index is -1.51. The zero-order valence-corrected chi connectivity index (χ0v) is 9.40. The molecular formula is C9H9N3O7. The molecule has 0 unspecified atom stereocenters. The van der Waals surface area contributed by atoms with E-state index in [1.165, 1.54) is 0 Å². The highest BCUT2D eigenvalue weighted by molar-refractivity contribution is 5.92. The number of hydrogen-bond donors (Lipinski definition) is 3. The molecule has 10 nitrogen and oxygen atoms in total. The van der Waals surface area contributed by atoms with Gasteiger partial charge in [-0.1, -0.05) is 0 Å². The first-order valence-electron chi connectivity index (χ1n) is 4.93. The summed E-state index contributed by atoms with van der Waals surface area (Å²) in [6.07, 6.45) is 0. The predicted octanol–water partition coefficient (Wildman–Crippen LogP) is 0.605. The molecule has 0 atom stereocenters. The van der Waals surface area contributed by atoms with Gasteiger partial charge in [-0.25, -0.2) is 4.79 Å². The van der Waals surface area contributed by atoms with Crippen LogP contribution in [0.3, 0.4) is 0 Å². The van der Waals surface area contributed by atoms with Crippen molar-refractivity contribution < 1.29 is 24.9 Å². The van der Waals surface area contributed by atoms with Crippen molar-refractivity contribution in [3.63, 3.8) is 0 Å². The first-order valence-corrected chi connectivity index (χ1v) is 4.93. The Kier molecular flexibility index (Phi) is 4.32. The Bertz CT molecular complexity index is 508. The van der Waals surface area contributed by atoms with E-state index in [4.69, 9.17) is 10.2 Å². The molecule has 0 saturated carbocycles. The fourth-order valence-corrected chi connectivity index (χ4v) is 1.39. The Labute approximate surface area is 105 Å². The Hall–Kier alpha value is -2.75. The summed E-state index contributed by atoms with van der Waals surface area (Å²) < 4.78 is 0. The molecule has 0 fully saturated rings. The molecule has 10 heteroatoms. The summed E-state index contributed by atoms with van der Waals surface area (Å²) in [5, 5.41) is 41.4. The molecule has 0 spiro atoms. The van der Waals surface area contributed by atoms with Crippen molar-refractivity contribution in [2.24, 2.45) is 0 Å². The van der Waals surface area contributed by atoms with E-state index < -0.39 is 45.0 Å². The number of nitro groups is 2. The molecule has 0 amide bonds. The number of aliphatic hydroxyl groups is 1.